The topological polar surface area (TPSA) is 75.7 Å². The lowest BCUT2D eigenvalue weighted by Gasteiger charge is -2.32. The zero-order valence-electron chi connectivity index (χ0n) is 15.3. The maximum absolute atomic E-state index is 12.6. The molecule has 0 aliphatic carbocycles. The molecule has 2 amide bonds. The van der Waals surface area contributed by atoms with Gasteiger partial charge in [-0.2, -0.15) is 8.42 Å². The summed E-state index contributed by atoms with van der Waals surface area (Å²) in [5.41, 5.74) is 0.477. The van der Waals surface area contributed by atoms with E-state index >= 15 is 0 Å². The largest absolute Gasteiger partial charge is 0.383 e. The molecule has 0 saturated heterocycles. The number of benzene rings is 1. The molecule has 1 aromatic rings. The van der Waals surface area contributed by atoms with Crippen LogP contribution in [0.2, 0.25) is 0 Å². The number of nitrogens with one attached hydrogen (secondary N) is 1. The molecule has 0 bridgehead atoms. The van der Waals surface area contributed by atoms with Gasteiger partial charge in [0.1, 0.15) is 5.75 Å². The normalized spacial score (nSPS) is 13.2. The standard InChI is InChI=1S/C17H28N2O4S/c1-7-13(2)19(16(20)18-17(3,4)5)12-14-9-8-10-15(11-14)23-24(6,21)22/h8-11,13H,7,12H2,1-6H3,(H,18,20)/t13-/m0/s1. The number of urea groups is 1. The summed E-state index contributed by atoms with van der Waals surface area (Å²) in [6, 6.07) is 6.67. The van der Waals surface area contributed by atoms with E-state index in [9.17, 15) is 13.2 Å². The Hall–Kier alpha value is -1.76. The van der Waals surface area contributed by atoms with Gasteiger partial charge in [-0.25, -0.2) is 4.79 Å². The molecular weight excluding hydrogens is 328 g/mol. The first-order valence-electron chi connectivity index (χ1n) is 7.98. The van der Waals surface area contributed by atoms with Crippen molar-refractivity contribution in [3.63, 3.8) is 0 Å². The minimum atomic E-state index is -3.58. The monoisotopic (exact) mass is 356 g/mol. The fourth-order valence-electron chi connectivity index (χ4n) is 2.11. The van der Waals surface area contributed by atoms with Gasteiger partial charge in [-0.05, 0) is 51.8 Å². The molecule has 0 spiro atoms. The summed E-state index contributed by atoms with van der Waals surface area (Å²) in [6.07, 6.45) is 1.82. The highest BCUT2D eigenvalue weighted by atomic mass is 32.2. The molecule has 6 nitrogen and oxygen atoms in total. The summed E-state index contributed by atoms with van der Waals surface area (Å²) in [6.45, 7) is 10.2. The molecule has 0 saturated carbocycles. The second kappa shape index (κ2) is 7.88. The Morgan fingerprint density at radius 1 is 1.33 bits per heavy atom. The van der Waals surface area contributed by atoms with Crippen LogP contribution in [0.15, 0.2) is 24.3 Å². The van der Waals surface area contributed by atoms with E-state index in [0.717, 1.165) is 18.2 Å². The first kappa shape index (κ1) is 20.3. The van der Waals surface area contributed by atoms with Crippen LogP contribution in [0.3, 0.4) is 0 Å². The maximum atomic E-state index is 12.6. The molecular formula is C17H28N2O4S. The number of nitrogens with zero attached hydrogens (tertiary/aromatic N) is 1. The van der Waals surface area contributed by atoms with Crippen LogP contribution >= 0.6 is 0 Å². The lowest BCUT2D eigenvalue weighted by molar-refractivity contribution is 0.165. The molecule has 1 aromatic carbocycles. The zero-order chi connectivity index (χ0) is 18.5. The predicted octanol–water partition coefficient (Wildman–Crippen LogP) is 3.13. The quantitative estimate of drug-likeness (QED) is 0.795. The molecule has 1 atom stereocenters. The first-order valence-corrected chi connectivity index (χ1v) is 9.80. The summed E-state index contributed by atoms with van der Waals surface area (Å²) in [4.78, 5) is 14.3. The molecule has 0 heterocycles. The van der Waals surface area contributed by atoms with E-state index in [0.29, 0.717) is 6.54 Å². The minimum absolute atomic E-state index is 0.0480. The lowest BCUT2D eigenvalue weighted by Crippen LogP contribution is -2.50. The van der Waals surface area contributed by atoms with Crippen LogP contribution in [0.4, 0.5) is 4.79 Å². The SMILES string of the molecule is CC[C@H](C)N(Cc1cccc(OS(C)(=O)=O)c1)C(=O)NC(C)(C)C. The summed E-state index contributed by atoms with van der Waals surface area (Å²) >= 11 is 0. The first-order chi connectivity index (χ1) is 10.9. The van der Waals surface area contributed by atoms with Gasteiger partial charge in [-0.3, -0.25) is 0 Å². The van der Waals surface area contributed by atoms with Gasteiger partial charge in [0.2, 0.25) is 0 Å². The van der Waals surface area contributed by atoms with E-state index in [1.165, 1.54) is 0 Å². The Morgan fingerprint density at radius 3 is 2.46 bits per heavy atom. The van der Waals surface area contributed by atoms with Crippen molar-refractivity contribution >= 4 is 16.1 Å². The molecule has 24 heavy (non-hydrogen) atoms. The third-order valence-electron chi connectivity index (χ3n) is 3.36. The van der Waals surface area contributed by atoms with Gasteiger partial charge in [0.25, 0.3) is 0 Å². The molecule has 1 N–H and O–H groups in total. The zero-order valence-corrected chi connectivity index (χ0v) is 16.1. The van der Waals surface area contributed by atoms with Crippen molar-refractivity contribution < 1.29 is 17.4 Å². The van der Waals surface area contributed by atoms with Crippen LogP contribution in [-0.4, -0.2) is 37.2 Å². The van der Waals surface area contributed by atoms with Crippen LogP contribution in [0.5, 0.6) is 5.75 Å². The van der Waals surface area contributed by atoms with Gasteiger partial charge in [-0.1, -0.05) is 19.1 Å². The summed E-state index contributed by atoms with van der Waals surface area (Å²) in [5.74, 6) is 0.246. The number of rotatable bonds is 6. The summed E-state index contributed by atoms with van der Waals surface area (Å²) in [7, 11) is -3.58. The molecule has 1 rings (SSSR count). The Labute approximate surface area is 145 Å². The van der Waals surface area contributed by atoms with Gasteiger partial charge in [0.05, 0.1) is 6.26 Å². The van der Waals surface area contributed by atoms with Crippen molar-refractivity contribution in [3.05, 3.63) is 29.8 Å². The molecule has 0 aliphatic heterocycles. The third-order valence-corrected chi connectivity index (χ3v) is 3.86. The summed E-state index contributed by atoms with van der Waals surface area (Å²) in [5, 5.41) is 2.97. The number of hydrogen-bond donors (Lipinski definition) is 1. The second-order valence-corrected chi connectivity index (χ2v) is 8.58. The minimum Gasteiger partial charge on any atom is -0.383 e. The molecule has 0 fully saturated rings. The van der Waals surface area contributed by atoms with E-state index in [-0.39, 0.29) is 23.4 Å². The molecule has 0 unspecified atom stereocenters. The van der Waals surface area contributed by atoms with Crippen molar-refractivity contribution in [2.75, 3.05) is 6.26 Å². The fourth-order valence-corrected chi connectivity index (χ4v) is 2.56. The molecule has 0 radical (unpaired) electrons. The average molecular weight is 356 g/mol. The average Bonchev–Trinajstić information content (AvgIpc) is 2.40. The Balaban J connectivity index is 2.98. The Bertz CT molecular complexity index is 665. The number of carbonyl (C=O) groups excluding carboxylic acids is 1. The number of hydrogen-bond acceptors (Lipinski definition) is 4. The molecule has 136 valence electrons. The smallest absolute Gasteiger partial charge is 0.318 e. The van der Waals surface area contributed by atoms with Gasteiger partial charge in [0, 0.05) is 18.1 Å². The number of carbonyl (C=O) groups is 1. The molecule has 0 aliphatic rings. The predicted molar refractivity (Wildman–Crippen MR) is 95.5 cm³/mol. The Morgan fingerprint density at radius 2 is 1.96 bits per heavy atom. The summed E-state index contributed by atoms with van der Waals surface area (Å²) < 4.78 is 27.4. The van der Waals surface area contributed by atoms with Crippen molar-refractivity contribution in [2.24, 2.45) is 0 Å². The van der Waals surface area contributed by atoms with E-state index in [4.69, 9.17) is 4.18 Å². The Kier molecular flexibility index (Phi) is 6.66. The molecule has 7 heteroatoms. The van der Waals surface area contributed by atoms with Crippen LogP contribution in [0.1, 0.15) is 46.6 Å². The van der Waals surface area contributed by atoms with E-state index < -0.39 is 10.1 Å². The molecule has 0 aromatic heterocycles. The van der Waals surface area contributed by atoms with Gasteiger partial charge >= 0.3 is 16.1 Å². The van der Waals surface area contributed by atoms with Gasteiger partial charge in [0.15, 0.2) is 0 Å². The highest BCUT2D eigenvalue weighted by Crippen LogP contribution is 2.18. The van der Waals surface area contributed by atoms with Crippen LogP contribution in [-0.2, 0) is 16.7 Å². The van der Waals surface area contributed by atoms with Crippen LogP contribution < -0.4 is 9.50 Å². The van der Waals surface area contributed by atoms with Gasteiger partial charge < -0.3 is 14.4 Å². The van der Waals surface area contributed by atoms with E-state index in [1.807, 2.05) is 40.7 Å². The highest BCUT2D eigenvalue weighted by molar-refractivity contribution is 7.86. The van der Waals surface area contributed by atoms with Gasteiger partial charge in [-0.15, -0.1) is 0 Å². The van der Waals surface area contributed by atoms with Crippen LogP contribution in [0, 0.1) is 0 Å². The van der Waals surface area contributed by atoms with Crippen molar-refractivity contribution in [1.29, 1.82) is 0 Å². The highest BCUT2D eigenvalue weighted by Gasteiger charge is 2.23. The number of amides is 2. The van der Waals surface area contributed by atoms with Crippen molar-refractivity contribution in [2.45, 2.75) is 59.2 Å². The van der Waals surface area contributed by atoms with E-state index in [2.05, 4.69) is 5.32 Å². The fraction of sp³-hybridized carbons (Fsp3) is 0.588. The second-order valence-electron chi connectivity index (χ2n) is 7.00. The van der Waals surface area contributed by atoms with Crippen molar-refractivity contribution in [3.8, 4) is 5.75 Å². The van der Waals surface area contributed by atoms with E-state index in [1.54, 1.807) is 23.1 Å². The maximum Gasteiger partial charge on any atom is 0.318 e. The van der Waals surface area contributed by atoms with Crippen LogP contribution in [0.25, 0.3) is 0 Å². The lowest BCUT2D eigenvalue weighted by atomic mass is 10.1. The third kappa shape index (κ3) is 7.21. The van der Waals surface area contributed by atoms with Crippen molar-refractivity contribution in [1.82, 2.24) is 10.2 Å².